The zero-order chi connectivity index (χ0) is 18.7. The van der Waals surface area contributed by atoms with Gasteiger partial charge < -0.3 is 20.8 Å². The van der Waals surface area contributed by atoms with E-state index in [0.717, 1.165) is 5.56 Å². The minimum Gasteiger partial charge on any atom is -0.481 e. The van der Waals surface area contributed by atoms with Crippen LogP contribution in [0.2, 0.25) is 0 Å². The standard InChI is InChI=1S/C18H26N2O5/c1-19-18(25)15(11-13-7-3-2-4-8-13)20-17(24)14(12-16(22)23)9-5-6-10-21/h2-4,7-8,14-15,21H,5-6,9-12H2,1H3,(H,19,25)(H,20,24)(H,22,23)/t14-,15+/m1/s1. The van der Waals surface area contributed by atoms with Gasteiger partial charge in [-0.2, -0.15) is 0 Å². The van der Waals surface area contributed by atoms with Crippen LogP contribution in [0.15, 0.2) is 30.3 Å². The van der Waals surface area contributed by atoms with Crippen LogP contribution in [0.25, 0.3) is 0 Å². The van der Waals surface area contributed by atoms with E-state index in [-0.39, 0.29) is 18.9 Å². The number of amides is 2. The number of nitrogens with one attached hydrogen (secondary N) is 2. The fourth-order valence-electron chi connectivity index (χ4n) is 2.56. The van der Waals surface area contributed by atoms with Crippen molar-refractivity contribution in [1.29, 1.82) is 0 Å². The van der Waals surface area contributed by atoms with E-state index in [1.54, 1.807) is 0 Å². The van der Waals surface area contributed by atoms with Crippen molar-refractivity contribution in [2.45, 2.75) is 38.1 Å². The first-order chi connectivity index (χ1) is 12.0. The molecule has 0 unspecified atom stereocenters. The zero-order valence-electron chi connectivity index (χ0n) is 14.4. The SMILES string of the molecule is CNC(=O)[C@H](Cc1ccccc1)NC(=O)[C@H](CCCCO)CC(=O)O. The van der Waals surface area contributed by atoms with Crippen LogP contribution in [0.1, 0.15) is 31.2 Å². The smallest absolute Gasteiger partial charge is 0.304 e. The van der Waals surface area contributed by atoms with Crippen molar-refractivity contribution in [2.75, 3.05) is 13.7 Å². The largest absolute Gasteiger partial charge is 0.481 e. The minimum absolute atomic E-state index is 0.00369. The van der Waals surface area contributed by atoms with Gasteiger partial charge in [0.1, 0.15) is 6.04 Å². The number of carbonyl (C=O) groups is 3. The average molecular weight is 350 g/mol. The maximum absolute atomic E-state index is 12.5. The van der Waals surface area contributed by atoms with Crippen molar-refractivity contribution < 1.29 is 24.6 Å². The number of rotatable bonds is 11. The summed E-state index contributed by atoms with van der Waals surface area (Å²) in [6.07, 6.45) is 1.42. The number of carboxylic acids is 1. The van der Waals surface area contributed by atoms with Crippen molar-refractivity contribution in [3.8, 4) is 0 Å². The molecule has 7 nitrogen and oxygen atoms in total. The molecule has 0 aliphatic rings. The molecule has 1 rings (SSSR count). The van der Waals surface area contributed by atoms with Crippen molar-refractivity contribution in [2.24, 2.45) is 5.92 Å². The lowest BCUT2D eigenvalue weighted by atomic mass is 9.96. The van der Waals surface area contributed by atoms with Gasteiger partial charge in [0.15, 0.2) is 0 Å². The Bertz CT molecular complexity index is 562. The summed E-state index contributed by atoms with van der Waals surface area (Å²) in [5.41, 5.74) is 0.895. The summed E-state index contributed by atoms with van der Waals surface area (Å²) in [5, 5.41) is 23.0. The van der Waals surface area contributed by atoms with Crippen LogP contribution in [-0.4, -0.2) is 47.7 Å². The quantitative estimate of drug-likeness (QED) is 0.439. The van der Waals surface area contributed by atoms with Crippen molar-refractivity contribution >= 4 is 17.8 Å². The second kappa shape index (κ2) is 11.2. The van der Waals surface area contributed by atoms with Gasteiger partial charge in [0, 0.05) is 26.0 Å². The third kappa shape index (κ3) is 7.80. The molecule has 1 aromatic rings. The molecule has 2 amide bonds. The molecule has 7 heteroatoms. The van der Waals surface area contributed by atoms with Crippen molar-refractivity contribution in [3.63, 3.8) is 0 Å². The first-order valence-electron chi connectivity index (χ1n) is 8.36. The Morgan fingerprint density at radius 1 is 1.08 bits per heavy atom. The van der Waals surface area contributed by atoms with Crippen molar-refractivity contribution in [3.05, 3.63) is 35.9 Å². The Morgan fingerprint density at radius 3 is 2.32 bits per heavy atom. The summed E-state index contributed by atoms with van der Waals surface area (Å²) < 4.78 is 0. The number of carbonyl (C=O) groups excluding carboxylic acids is 2. The molecule has 2 atom stereocenters. The molecule has 1 aromatic carbocycles. The predicted octanol–water partition coefficient (Wildman–Crippen LogP) is 0.713. The molecule has 0 saturated carbocycles. The van der Waals surface area contributed by atoms with Crippen LogP contribution in [-0.2, 0) is 20.8 Å². The number of benzene rings is 1. The molecule has 0 fully saturated rings. The fourth-order valence-corrected chi connectivity index (χ4v) is 2.56. The van der Waals surface area contributed by atoms with E-state index in [4.69, 9.17) is 10.2 Å². The summed E-state index contributed by atoms with van der Waals surface area (Å²) in [6.45, 7) is -0.00369. The lowest BCUT2D eigenvalue weighted by Gasteiger charge is -2.21. The highest BCUT2D eigenvalue weighted by Gasteiger charge is 2.26. The lowest BCUT2D eigenvalue weighted by Crippen LogP contribution is -2.49. The number of hydrogen-bond acceptors (Lipinski definition) is 4. The lowest BCUT2D eigenvalue weighted by molar-refractivity contribution is -0.141. The fraction of sp³-hybridized carbons (Fsp3) is 0.500. The number of carboxylic acid groups (broad SMARTS) is 1. The second-order valence-electron chi connectivity index (χ2n) is 5.88. The first-order valence-corrected chi connectivity index (χ1v) is 8.36. The van der Waals surface area contributed by atoms with Gasteiger partial charge in [-0.25, -0.2) is 0 Å². The molecule has 0 spiro atoms. The molecule has 138 valence electrons. The van der Waals surface area contributed by atoms with E-state index >= 15 is 0 Å². The van der Waals surface area contributed by atoms with Crippen LogP contribution in [0, 0.1) is 5.92 Å². The molecular weight excluding hydrogens is 324 g/mol. The highest BCUT2D eigenvalue weighted by atomic mass is 16.4. The van der Waals surface area contributed by atoms with E-state index in [1.807, 2.05) is 30.3 Å². The number of hydrogen-bond donors (Lipinski definition) is 4. The Morgan fingerprint density at radius 2 is 1.76 bits per heavy atom. The molecule has 0 radical (unpaired) electrons. The number of unbranched alkanes of at least 4 members (excludes halogenated alkanes) is 1. The van der Waals surface area contributed by atoms with Crippen LogP contribution in [0.3, 0.4) is 0 Å². The molecule has 0 bridgehead atoms. The number of likely N-dealkylation sites (N-methyl/N-ethyl adjacent to an activating group) is 1. The van der Waals surface area contributed by atoms with E-state index in [0.29, 0.717) is 25.7 Å². The summed E-state index contributed by atoms with van der Waals surface area (Å²) in [6, 6.07) is 8.51. The number of aliphatic carboxylic acids is 1. The van der Waals surface area contributed by atoms with Gasteiger partial charge in [0.25, 0.3) is 0 Å². The van der Waals surface area contributed by atoms with E-state index in [9.17, 15) is 14.4 Å². The molecule has 0 aliphatic heterocycles. The summed E-state index contributed by atoms with van der Waals surface area (Å²) in [5.74, 6) is -2.58. The summed E-state index contributed by atoms with van der Waals surface area (Å²) in [4.78, 5) is 35.6. The van der Waals surface area contributed by atoms with Crippen LogP contribution < -0.4 is 10.6 Å². The maximum atomic E-state index is 12.5. The van der Waals surface area contributed by atoms with Gasteiger partial charge in [-0.3, -0.25) is 14.4 Å². The topological polar surface area (TPSA) is 116 Å². The Balaban J connectivity index is 2.78. The molecule has 4 N–H and O–H groups in total. The van der Waals surface area contributed by atoms with Gasteiger partial charge in [-0.05, 0) is 18.4 Å². The number of aliphatic hydroxyl groups is 1. The Kier molecular flexibility index (Phi) is 9.24. The average Bonchev–Trinajstić information content (AvgIpc) is 2.60. The maximum Gasteiger partial charge on any atom is 0.304 e. The minimum atomic E-state index is -1.07. The third-order valence-electron chi connectivity index (χ3n) is 3.91. The van der Waals surface area contributed by atoms with Gasteiger partial charge in [0.2, 0.25) is 11.8 Å². The Hall–Kier alpha value is -2.41. The monoisotopic (exact) mass is 350 g/mol. The van der Waals surface area contributed by atoms with Crippen LogP contribution in [0.5, 0.6) is 0 Å². The second-order valence-corrected chi connectivity index (χ2v) is 5.88. The summed E-state index contributed by atoms with van der Waals surface area (Å²) in [7, 11) is 1.49. The molecule has 25 heavy (non-hydrogen) atoms. The highest BCUT2D eigenvalue weighted by Crippen LogP contribution is 2.14. The van der Waals surface area contributed by atoms with Crippen LogP contribution >= 0.6 is 0 Å². The zero-order valence-corrected chi connectivity index (χ0v) is 14.4. The molecule has 0 aliphatic carbocycles. The normalized spacial score (nSPS) is 12.9. The molecule has 0 aromatic heterocycles. The molecule has 0 saturated heterocycles. The van der Waals surface area contributed by atoms with Crippen LogP contribution in [0.4, 0.5) is 0 Å². The molecule has 0 heterocycles. The van der Waals surface area contributed by atoms with Gasteiger partial charge in [-0.1, -0.05) is 36.8 Å². The van der Waals surface area contributed by atoms with Gasteiger partial charge >= 0.3 is 5.97 Å². The highest BCUT2D eigenvalue weighted by molar-refractivity contribution is 5.89. The predicted molar refractivity (Wildman–Crippen MR) is 92.8 cm³/mol. The van der Waals surface area contributed by atoms with E-state index < -0.39 is 23.8 Å². The molecular formula is C18H26N2O5. The van der Waals surface area contributed by atoms with E-state index in [1.165, 1.54) is 7.05 Å². The van der Waals surface area contributed by atoms with E-state index in [2.05, 4.69) is 10.6 Å². The number of aliphatic hydroxyl groups excluding tert-OH is 1. The van der Waals surface area contributed by atoms with Crippen molar-refractivity contribution in [1.82, 2.24) is 10.6 Å². The van der Waals surface area contributed by atoms with Gasteiger partial charge in [-0.15, -0.1) is 0 Å². The first kappa shape index (κ1) is 20.6. The third-order valence-corrected chi connectivity index (χ3v) is 3.91. The van der Waals surface area contributed by atoms with Gasteiger partial charge in [0.05, 0.1) is 6.42 Å². The summed E-state index contributed by atoms with van der Waals surface area (Å²) >= 11 is 0. The Labute approximate surface area is 147 Å².